The fourth-order valence-corrected chi connectivity index (χ4v) is 3.87. The molecule has 1 fully saturated rings. The Labute approximate surface area is 166 Å². The van der Waals surface area contributed by atoms with Gasteiger partial charge in [-0.2, -0.15) is 10.4 Å². The molecule has 7 nitrogen and oxygen atoms in total. The molecule has 4 rings (SSSR count). The molecule has 0 N–H and O–H groups in total. The number of aryl methyl sites for hydroxylation is 3. The normalized spacial score (nSPS) is 17.1. The van der Waals surface area contributed by atoms with Crippen molar-refractivity contribution in [3.63, 3.8) is 0 Å². The summed E-state index contributed by atoms with van der Waals surface area (Å²) in [5.74, 6) is 1.44. The van der Waals surface area contributed by atoms with Crippen LogP contribution in [0.5, 0.6) is 5.88 Å². The second kappa shape index (κ2) is 8.53. The van der Waals surface area contributed by atoms with Gasteiger partial charge in [0.15, 0.2) is 0 Å². The van der Waals surface area contributed by atoms with Crippen molar-refractivity contribution in [1.82, 2.24) is 20.1 Å². The second-order valence-corrected chi connectivity index (χ2v) is 7.47. The smallest absolute Gasteiger partial charge is 0.233 e. The summed E-state index contributed by atoms with van der Waals surface area (Å²) in [7, 11) is 0. The van der Waals surface area contributed by atoms with Crippen molar-refractivity contribution >= 4 is 5.82 Å². The van der Waals surface area contributed by atoms with Crippen LogP contribution in [-0.2, 0) is 12.8 Å². The van der Waals surface area contributed by atoms with Gasteiger partial charge in [0.25, 0.3) is 0 Å². The van der Waals surface area contributed by atoms with Crippen molar-refractivity contribution in [2.45, 2.75) is 32.6 Å². The summed E-state index contributed by atoms with van der Waals surface area (Å²) in [5.41, 5.74) is 4.06. The number of hydrogen-bond donors (Lipinski definition) is 0. The number of ether oxygens (including phenoxy) is 1. The van der Waals surface area contributed by atoms with E-state index in [4.69, 9.17) is 9.72 Å². The van der Waals surface area contributed by atoms with Crippen molar-refractivity contribution in [3.05, 3.63) is 40.7 Å². The summed E-state index contributed by atoms with van der Waals surface area (Å²) in [6, 6.07) is 8.18. The molecule has 1 aliphatic carbocycles. The van der Waals surface area contributed by atoms with Gasteiger partial charge in [-0.3, -0.25) is 4.90 Å². The van der Waals surface area contributed by atoms with Crippen LogP contribution in [0.15, 0.2) is 18.2 Å². The van der Waals surface area contributed by atoms with E-state index in [-0.39, 0.29) is 0 Å². The van der Waals surface area contributed by atoms with Crippen LogP contribution >= 0.6 is 0 Å². The highest BCUT2D eigenvalue weighted by Crippen LogP contribution is 2.27. The number of aromatic nitrogens is 3. The molecule has 0 amide bonds. The molecule has 3 heterocycles. The van der Waals surface area contributed by atoms with Crippen LogP contribution in [0.25, 0.3) is 0 Å². The third-order valence-corrected chi connectivity index (χ3v) is 5.50. The van der Waals surface area contributed by atoms with Crippen LogP contribution in [0.2, 0.25) is 0 Å². The quantitative estimate of drug-likeness (QED) is 0.789. The SMILES string of the molecule is Cc1ccc(OCCN2CCN(c3nc4c(cc3C#N)CCCC4)CC2)nn1. The van der Waals surface area contributed by atoms with Crippen LogP contribution in [0.3, 0.4) is 0 Å². The molecule has 1 saturated heterocycles. The number of piperazine rings is 1. The number of fused-ring (bicyclic) bond motifs is 1. The van der Waals surface area contributed by atoms with Gasteiger partial charge in [0.2, 0.25) is 5.88 Å². The molecule has 0 atom stereocenters. The van der Waals surface area contributed by atoms with E-state index in [9.17, 15) is 5.26 Å². The number of hydrogen-bond acceptors (Lipinski definition) is 7. The number of nitriles is 1. The fraction of sp³-hybridized carbons (Fsp3) is 0.524. The van der Waals surface area contributed by atoms with Crippen LogP contribution in [-0.4, -0.2) is 59.4 Å². The molecule has 2 aromatic rings. The monoisotopic (exact) mass is 378 g/mol. The Balaban J connectivity index is 1.31. The van der Waals surface area contributed by atoms with Crippen molar-refractivity contribution in [2.75, 3.05) is 44.2 Å². The van der Waals surface area contributed by atoms with E-state index in [0.717, 1.165) is 62.6 Å². The van der Waals surface area contributed by atoms with Crippen molar-refractivity contribution in [1.29, 1.82) is 5.26 Å². The summed E-state index contributed by atoms with van der Waals surface area (Å²) in [4.78, 5) is 9.52. The first kappa shape index (κ1) is 18.6. The molecule has 0 aromatic carbocycles. The summed E-state index contributed by atoms with van der Waals surface area (Å²) in [5, 5.41) is 17.6. The maximum atomic E-state index is 9.59. The minimum atomic E-state index is 0.571. The van der Waals surface area contributed by atoms with Gasteiger partial charge in [-0.1, -0.05) is 0 Å². The van der Waals surface area contributed by atoms with Gasteiger partial charge in [0.1, 0.15) is 18.5 Å². The Bertz CT molecular complexity index is 852. The summed E-state index contributed by atoms with van der Waals surface area (Å²) >= 11 is 0. The van der Waals surface area contributed by atoms with E-state index < -0.39 is 0 Å². The van der Waals surface area contributed by atoms with E-state index in [1.54, 1.807) is 0 Å². The lowest BCUT2D eigenvalue weighted by molar-refractivity contribution is 0.195. The highest BCUT2D eigenvalue weighted by atomic mass is 16.5. The Morgan fingerprint density at radius 1 is 1.11 bits per heavy atom. The van der Waals surface area contributed by atoms with Crippen LogP contribution < -0.4 is 9.64 Å². The molecular formula is C21H26N6O. The van der Waals surface area contributed by atoms with Gasteiger partial charge in [-0.15, -0.1) is 5.10 Å². The Kier molecular flexibility index (Phi) is 5.68. The standard InChI is InChI=1S/C21H26N6O/c1-16-6-7-20(25-24-16)28-13-12-26-8-10-27(11-9-26)21-18(15-22)14-17-4-2-3-5-19(17)23-21/h6-7,14H,2-5,8-13H2,1H3. The highest BCUT2D eigenvalue weighted by molar-refractivity contribution is 5.56. The summed E-state index contributed by atoms with van der Waals surface area (Å²) in [6.45, 7) is 6.99. The first-order chi connectivity index (χ1) is 13.7. The minimum absolute atomic E-state index is 0.571. The molecule has 146 valence electrons. The average molecular weight is 378 g/mol. The number of nitrogens with zero attached hydrogens (tertiary/aromatic N) is 6. The average Bonchev–Trinajstić information content (AvgIpc) is 2.74. The molecule has 7 heteroatoms. The molecule has 2 aliphatic rings. The zero-order valence-electron chi connectivity index (χ0n) is 16.4. The van der Waals surface area contributed by atoms with Gasteiger partial charge in [-0.05, 0) is 50.3 Å². The highest BCUT2D eigenvalue weighted by Gasteiger charge is 2.23. The molecule has 0 spiro atoms. The second-order valence-electron chi connectivity index (χ2n) is 7.47. The topological polar surface area (TPSA) is 78.2 Å². The van der Waals surface area contributed by atoms with E-state index in [1.807, 2.05) is 19.1 Å². The predicted molar refractivity (Wildman–Crippen MR) is 107 cm³/mol. The Hall–Kier alpha value is -2.72. The lowest BCUT2D eigenvalue weighted by Gasteiger charge is -2.36. The van der Waals surface area contributed by atoms with Crippen LogP contribution in [0.1, 0.15) is 35.4 Å². The third kappa shape index (κ3) is 4.23. The Morgan fingerprint density at radius 3 is 2.68 bits per heavy atom. The van der Waals surface area contributed by atoms with Gasteiger partial charge in [0, 0.05) is 44.5 Å². The van der Waals surface area contributed by atoms with Crippen LogP contribution in [0, 0.1) is 18.3 Å². The van der Waals surface area contributed by atoms with Crippen molar-refractivity contribution in [2.24, 2.45) is 0 Å². The molecule has 0 bridgehead atoms. The van der Waals surface area contributed by atoms with Crippen molar-refractivity contribution in [3.8, 4) is 11.9 Å². The van der Waals surface area contributed by atoms with Gasteiger partial charge >= 0.3 is 0 Å². The third-order valence-electron chi connectivity index (χ3n) is 5.50. The molecule has 1 aliphatic heterocycles. The van der Waals surface area contributed by atoms with Crippen molar-refractivity contribution < 1.29 is 4.74 Å². The zero-order valence-corrected chi connectivity index (χ0v) is 16.4. The first-order valence-electron chi connectivity index (χ1n) is 10.1. The maximum absolute atomic E-state index is 9.59. The number of anilines is 1. The predicted octanol–water partition coefficient (Wildman–Crippen LogP) is 2.13. The van der Waals surface area contributed by atoms with Crippen LogP contribution in [0.4, 0.5) is 5.82 Å². The largest absolute Gasteiger partial charge is 0.475 e. The van der Waals surface area contributed by atoms with E-state index in [0.29, 0.717) is 12.5 Å². The zero-order chi connectivity index (χ0) is 19.3. The minimum Gasteiger partial charge on any atom is -0.475 e. The maximum Gasteiger partial charge on any atom is 0.233 e. The first-order valence-corrected chi connectivity index (χ1v) is 10.1. The Morgan fingerprint density at radius 2 is 1.93 bits per heavy atom. The molecule has 0 radical (unpaired) electrons. The lowest BCUT2D eigenvalue weighted by Crippen LogP contribution is -2.48. The summed E-state index contributed by atoms with van der Waals surface area (Å²) in [6.07, 6.45) is 4.49. The molecule has 0 saturated carbocycles. The molecular weight excluding hydrogens is 352 g/mol. The number of pyridine rings is 1. The van der Waals surface area contributed by atoms with Gasteiger partial charge in [-0.25, -0.2) is 4.98 Å². The van der Waals surface area contributed by atoms with E-state index >= 15 is 0 Å². The molecule has 0 unspecified atom stereocenters. The molecule has 28 heavy (non-hydrogen) atoms. The fourth-order valence-electron chi connectivity index (χ4n) is 3.87. The van der Waals surface area contributed by atoms with Gasteiger partial charge in [0.05, 0.1) is 11.3 Å². The van der Waals surface area contributed by atoms with E-state index in [1.165, 1.54) is 24.1 Å². The molecule has 2 aromatic heterocycles. The number of rotatable bonds is 5. The van der Waals surface area contributed by atoms with E-state index in [2.05, 4.69) is 32.1 Å². The summed E-state index contributed by atoms with van der Waals surface area (Å²) < 4.78 is 5.69. The lowest BCUT2D eigenvalue weighted by atomic mass is 9.95. The van der Waals surface area contributed by atoms with Gasteiger partial charge < -0.3 is 9.64 Å².